The molecular formula is C31H38N4O3S. The van der Waals surface area contributed by atoms with Crippen molar-refractivity contribution in [3.05, 3.63) is 82.0 Å². The summed E-state index contributed by atoms with van der Waals surface area (Å²) in [7, 11) is 0. The largest absolute Gasteiger partial charge is 0.369 e. The molecule has 1 aromatic heterocycles. The van der Waals surface area contributed by atoms with Crippen LogP contribution in [-0.4, -0.2) is 66.8 Å². The van der Waals surface area contributed by atoms with E-state index < -0.39 is 0 Å². The summed E-state index contributed by atoms with van der Waals surface area (Å²) >= 11 is 1.38. The molecule has 7 nitrogen and oxygen atoms in total. The van der Waals surface area contributed by atoms with Gasteiger partial charge in [-0.15, -0.1) is 11.3 Å². The molecule has 1 atom stereocenters. The van der Waals surface area contributed by atoms with E-state index in [0.29, 0.717) is 48.9 Å². The number of hydrogen-bond donors (Lipinski definition) is 1. The van der Waals surface area contributed by atoms with E-state index in [-0.39, 0.29) is 23.6 Å². The van der Waals surface area contributed by atoms with Gasteiger partial charge in [-0.3, -0.25) is 14.4 Å². The Morgan fingerprint density at radius 3 is 2.36 bits per heavy atom. The maximum atomic E-state index is 13.6. The Hall–Kier alpha value is -3.65. The maximum absolute atomic E-state index is 13.6. The van der Waals surface area contributed by atoms with Gasteiger partial charge in [0.05, 0.1) is 16.4 Å². The topological polar surface area (TPSA) is 73.0 Å². The Kier molecular flexibility index (Phi) is 9.76. The standard InChI is InChI=1S/C31H38N4O3S/c1-4-25(23-12-8-7-9-13-23)30(37)35-18-11-17-34(19-20-35)27-16-15-24(32-29(36)28-14-10-21-39-28)22-26(27)31(38)33(5-2)6-3/h7-10,12-16,21-22,25H,4-6,11,17-20H2,1-3H3,(H,32,36)/t25-/m1/s1. The lowest BCUT2D eigenvalue weighted by molar-refractivity contribution is -0.132. The minimum Gasteiger partial charge on any atom is -0.369 e. The monoisotopic (exact) mass is 546 g/mol. The summed E-state index contributed by atoms with van der Waals surface area (Å²) in [6, 6.07) is 19.2. The number of rotatable bonds is 9. The second kappa shape index (κ2) is 13.4. The molecule has 0 saturated carbocycles. The average Bonchev–Trinajstić information content (AvgIpc) is 3.40. The van der Waals surface area contributed by atoms with Gasteiger partial charge in [0.2, 0.25) is 5.91 Å². The van der Waals surface area contributed by atoms with E-state index in [0.717, 1.165) is 30.6 Å². The van der Waals surface area contributed by atoms with Gasteiger partial charge in [0.1, 0.15) is 0 Å². The van der Waals surface area contributed by atoms with Gasteiger partial charge in [0, 0.05) is 50.6 Å². The summed E-state index contributed by atoms with van der Waals surface area (Å²) in [6.07, 6.45) is 1.57. The van der Waals surface area contributed by atoms with Crippen molar-refractivity contribution in [1.29, 1.82) is 0 Å². The third-order valence-corrected chi connectivity index (χ3v) is 8.21. The van der Waals surface area contributed by atoms with Crippen LogP contribution in [0.3, 0.4) is 0 Å². The number of nitrogens with one attached hydrogen (secondary N) is 1. The normalized spacial score (nSPS) is 14.4. The van der Waals surface area contributed by atoms with Crippen molar-refractivity contribution < 1.29 is 14.4 Å². The van der Waals surface area contributed by atoms with Crippen LogP contribution in [-0.2, 0) is 4.79 Å². The van der Waals surface area contributed by atoms with Crippen LogP contribution in [0.15, 0.2) is 66.0 Å². The lowest BCUT2D eigenvalue weighted by atomic mass is 9.95. The van der Waals surface area contributed by atoms with Gasteiger partial charge in [-0.05, 0) is 61.9 Å². The number of benzene rings is 2. The number of nitrogens with zero attached hydrogens (tertiary/aromatic N) is 3. The molecule has 1 aliphatic rings. The highest BCUT2D eigenvalue weighted by molar-refractivity contribution is 7.12. The van der Waals surface area contributed by atoms with Crippen molar-refractivity contribution in [3.8, 4) is 0 Å². The molecule has 0 radical (unpaired) electrons. The Morgan fingerprint density at radius 2 is 1.69 bits per heavy atom. The molecule has 8 heteroatoms. The summed E-state index contributed by atoms with van der Waals surface area (Å²) < 4.78 is 0. The second-order valence-electron chi connectivity index (χ2n) is 9.68. The van der Waals surface area contributed by atoms with Crippen molar-refractivity contribution in [3.63, 3.8) is 0 Å². The number of carbonyl (C=O) groups excluding carboxylic acids is 3. The third-order valence-electron chi connectivity index (χ3n) is 7.34. The van der Waals surface area contributed by atoms with E-state index in [1.54, 1.807) is 17.0 Å². The quantitative estimate of drug-likeness (QED) is 0.373. The molecule has 1 fully saturated rings. The summed E-state index contributed by atoms with van der Waals surface area (Å²) in [5.41, 5.74) is 3.05. The first kappa shape index (κ1) is 28.4. The fourth-order valence-electron chi connectivity index (χ4n) is 5.18. The van der Waals surface area contributed by atoms with E-state index >= 15 is 0 Å². The molecule has 4 rings (SSSR count). The van der Waals surface area contributed by atoms with Crippen LogP contribution in [0, 0.1) is 0 Å². The van der Waals surface area contributed by atoms with E-state index in [1.165, 1.54) is 11.3 Å². The maximum Gasteiger partial charge on any atom is 0.265 e. The Balaban J connectivity index is 1.56. The molecule has 0 unspecified atom stereocenters. The molecule has 3 amide bonds. The van der Waals surface area contributed by atoms with Crippen molar-refractivity contribution in [2.24, 2.45) is 0 Å². The number of thiophene rings is 1. The van der Waals surface area contributed by atoms with E-state index in [4.69, 9.17) is 0 Å². The van der Waals surface area contributed by atoms with Crippen LogP contribution in [0.5, 0.6) is 0 Å². The lowest BCUT2D eigenvalue weighted by Gasteiger charge is -2.29. The van der Waals surface area contributed by atoms with E-state index in [2.05, 4.69) is 17.1 Å². The van der Waals surface area contributed by atoms with Crippen LogP contribution < -0.4 is 10.2 Å². The van der Waals surface area contributed by atoms with Crippen LogP contribution in [0.25, 0.3) is 0 Å². The zero-order valence-corrected chi connectivity index (χ0v) is 23.9. The first-order valence-corrected chi connectivity index (χ1v) is 14.7. The zero-order valence-electron chi connectivity index (χ0n) is 23.1. The lowest BCUT2D eigenvalue weighted by Crippen LogP contribution is -2.38. The SMILES string of the molecule is CC[C@@H](C(=O)N1CCCN(c2ccc(NC(=O)c3cccs3)cc2C(=O)N(CC)CC)CC1)c1ccccc1. The van der Waals surface area contributed by atoms with Gasteiger partial charge in [0.15, 0.2) is 0 Å². The molecule has 2 heterocycles. The van der Waals surface area contributed by atoms with Crippen molar-refractivity contribution >= 4 is 40.4 Å². The van der Waals surface area contributed by atoms with E-state index in [1.807, 2.05) is 72.7 Å². The predicted molar refractivity (Wildman–Crippen MR) is 159 cm³/mol. The zero-order chi connectivity index (χ0) is 27.8. The highest BCUT2D eigenvalue weighted by Crippen LogP contribution is 2.29. The second-order valence-corrected chi connectivity index (χ2v) is 10.6. The van der Waals surface area contributed by atoms with Gasteiger partial charge in [-0.1, -0.05) is 43.3 Å². The fourth-order valence-corrected chi connectivity index (χ4v) is 5.80. The number of anilines is 2. The van der Waals surface area contributed by atoms with Gasteiger partial charge >= 0.3 is 0 Å². The highest BCUT2D eigenvalue weighted by atomic mass is 32.1. The molecule has 206 valence electrons. The number of hydrogen-bond acceptors (Lipinski definition) is 5. The first-order chi connectivity index (χ1) is 19.0. The molecule has 0 spiro atoms. The molecular weight excluding hydrogens is 508 g/mol. The minimum atomic E-state index is -0.188. The van der Waals surface area contributed by atoms with Crippen molar-refractivity contribution in [1.82, 2.24) is 9.80 Å². The minimum absolute atomic E-state index is 0.0606. The van der Waals surface area contributed by atoms with Gasteiger partial charge in [0.25, 0.3) is 11.8 Å². The smallest absolute Gasteiger partial charge is 0.265 e. The summed E-state index contributed by atoms with van der Waals surface area (Å²) in [5.74, 6) is -0.234. The van der Waals surface area contributed by atoms with E-state index in [9.17, 15) is 14.4 Å². The molecule has 1 saturated heterocycles. The predicted octanol–water partition coefficient (Wildman–Crippen LogP) is 5.71. The average molecular weight is 547 g/mol. The Bertz CT molecular complexity index is 1260. The van der Waals surface area contributed by atoms with Crippen molar-refractivity contribution in [2.75, 3.05) is 49.5 Å². The molecule has 2 aromatic carbocycles. The fraction of sp³-hybridized carbons (Fsp3) is 0.387. The van der Waals surface area contributed by atoms with Crippen LogP contribution in [0.2, 0.25) is 0 Å². The van der Waals surface area contributed by atoms with Crippen molar-refractivity contribution in [2.45, 2.75) is 39.5 Å². The molecule has 0 aliphatic carbocycles. The molecule has 39 heavy (non-hydrogen) atoms. The van der Waals surface area contributed by atoms with Crippen LogP contribution in [0.1, 0.15) is 65.1 Å². The van der Waals surface area contributed by atoms with Crippen LogP contribution >= 0.6 is 11.3 Å². The number of carbonyl (C=O) groups is 3. The Morgan fingerprint density at radius 1 is 0.923 bits per heavy atom. The molecule has 0 bridgehead atoms. The summed E-state index contributed by atoms with van der Waals surface area (Å²) in [6.45, 7) is 9.85. The highest BCUT2D eigenvalue weighted by Gasteiger charge is 2.28. The molecule has 3 aromatic rings. The third kappa shape index (κ3) is 6.68. The van der Waals surface area contributed by atoms with Crippen LogP contribution in [0.4, 0.5) is 11.4 Å². The molecule has 1 N–H and O–H groups in total. The first-order valence-electron chi connectivity index (χ1n) is 13.8. The molecule has 1 aliphatic heterocycles. The number of amides is 3. The van der Waals surface area contributed by atoms with Gasteiger partial charge in [-0.25, -0.2) is 0 Å². The summed E-state index contributed by atoms with van der Waals surface area (Å²) in [4.78, 5) is 46.4. The Labute approximate surface area is 235 Å². The van der Waals surface area contributed by atoms with Gasteiger partial charge < -0.3 is 20.0 Å². The van der Waals surface area contributed by atoms with Gasteiger partial charge in [-0.2, -0.15) is 0 Å². The summed E-state index contributed by atoms with van der Waals surface area (Å²) in [5, 5.41) is 4.81.